The predicted octanol–water partition coefficient (Wildman–Crippen LogP) is 1.96. The highest BCUT2D eigenvalue weighted by Crippen LogP contribution is 2.21. The number of anilines is 1. The normalized spacial score (nSPS) is 12.1. The molecule has 0 aliphatic rings. The molecule has 1 N–H and O–H groups in total. The molecule has 16 heavy (non-hydrogen) atoms. The van der Waals surface area contributed by atoms with E-state index in [1.807, 2.05) is 6.92 Å². The molecular formula is C8H13F3N4S. The van der Waals surface area contributed by atoms with E-state index in [0.29, 0.717) is 12.2 Å². The van der Waals surface area contributed by atoms with Crippen LogP contribution in [-0.4, -0.2) is 40.8 Å². The van der Waals surface area contributed by atoms with Crippen LogP contribution in [0.3, 0.4) is 0 Å². The van der Waals surface area contributed by atoms with Crippen LogP contribution in [0.4, 0.5) is 18.2 Å². The fraction of sp³-hybridized carbons (Fsp3) is 0.750. The van der Waals surface area contributed by atoms with Crippen LogP contribution in [0.25, 0.3) is 0 Å². The van der Waals surface area contributed by atoms with Crippen molar-refractivity contribution in [3.63, 3.8) is 0 Å². The number of aromatic nitrogens is 2. The van der Waals surface area contributed by atoms with Gasteiger partial charge in [0.15, 0.2) is 0 Å². The number of halogens is 3. The first kappa shape index (κ1) is 13.2. The maximum atomic E-state index is 12.1. The van der Waals surface area contributed by atoms with Gasteiger partial charge in [0.25, 0.3) is 0 Å². The Balaban J connectivity index is 2.55. The average molecular weight is 254 g/mol. The van der Waals surface area contributed by atoms with Crippen LogP contribution in [0, 0.1) is 0 Å². The van der Waals surface area contributed by atoms with Gasteiger partial charge in [-0.25, -0.2) is 0 Å². The Bertz CT molecular complexity index is 325. The molecule has 8 heteroatoms. The van der Waals surface area contributed by atoms with E-state index in [0.717, 1.165) is 21.4 Å². The first-order valence-corrected chi connectivity index (χ1v) is 5.50. The van der Waals surface area contributed by atoms with E-state index in [2.05, 4.69) is 14.9 Å². The van der Waals surface area contributed by atoms with Crippen molar-refractivity contribution in [2.45, 2.75) is 19.6 Å². The molecule has 0 aliphatic carbocycles. The smallest absolute Gasteiger partial charge is 0.374 e. The number of rotatable bonds is 5. The molecule has 92 valence electrons. The average Bonchev–Trinajstić information content (AvgIpc) is 2.50. The third-order valence-electron chi connectivity index (χ3n) is 1.76. The van der Waals surface area contributed by atoms with Crippen LogP contribution in [0.1, 0.15) is 12.6 Å². The predicted molar refractivity (Wildman–Crippen MR) is 56.5 cm³/mol. The Labute approximate surface area is 95.6 Å². The van der Waals surface area contributed by atoms with Crippen LogP contribution >= 0.6 is 11.5 Å². The second-order valence-electron chi connectivity index (χ2n) is 3.37. The van der Waals surface area contributed by atoms with Gasteiger partial charge in [-0.05, 0) is 14.0 Å². The topological polar surface area (TPSA) is 41.1 Å². The second-order valence-corrected chi connectivity index (χ2v) is 4.12. The zero-order valence-corrected chi connectivity index (χ0v) is 9.82. The molecule has 0 amide bonds. The minimum atomic E-state index is -4.18. The fourth-order valence-corrected chi connectivity index (χ4v) is 1.87. The van der Waals surface area contributed by atoms with Crippen molar-refractivity contribution in [2.24, 2.45) is 0 Å². The highest BCUT2D eigenvalue weighted by Gasteiger charge is 2.29. The third-order valence-corrected chi connectivity index (χ3v) is 2.49. The number of nitrogens with zero attached hydrogens (tertiary/aromatic N) is 3. The van der Waals surface area contributed by atoms with Crippen molar-refractivity contribution in [1.29, 1.82) is 0 Å². The Hall–Kier alpha value is -0.890. The monoisotopic (exact) mass is 254 g/mol. The van der Waals surface area contributed by atoms with Gasteiger partial charge in [0, 0.05) is 24.6 Å². The van der Waals surface area contributed by atoms with Crippen molar-refractivity contribution in [2.75, 3.05) is 25.5 Å². The molecule has 0 saturated carbocycles. The van der Waals surface area contributed by atoms with Gasteiger partial charge < -0.3 is 5.32 Å². The first-order valence-electron chi connectivity index (χ1n) is 4.72. The largest absolute Gasteiger partial charge is 0.401 e. The molecule has 0 aliphatic heterocycles. The van der Waals surface area contributed by atoms with Gasteiger partial charge in [-0.2, -0.15) is 13.2 Å². The van der Waals surface area contributed by atoms with Crippen molar-refractivity contribution in [3.05, 3.63) is 5.69 Å². The summed E-state index contributed by atoms with van der Waals surface area (Å²) < 4.78 is 40.0. The highest BCUT2D eigenvalue weighted by atomic mass is 32.1. The molecule has 0 saturated heterocycles. The fourth-order valence-electron chi connectivity index (χ4n) is 1.22. The lowest BCUT2D eigenvalue weighted by Crippen LogP contribution is -2.30. The van der Waals surface area contributed by atoms with E-state index in [-0.39, 0.29) is 6.54 Å². The summed E-state index contributed by atoms with van der Waals surface area (Å²) >= 11 is 1.15. The van der Waals surface area contributed by atoms with Gasteiger partial charge in [0.05, 0.1) is 6.54 Å². The summed E-state index contributed by atoms with van der Waals surface area (Å²) in [6, 6.07) is 0. The van der Waals surface area contributed by atoms with Gasteiger partial charge in [-0.15, -0.1) is 5.10 Å². The molecule has 4 nitrogen and oxygen atoms in total. The standard InChI is InChI=1S/C8H13F3N4S/c1-3-12-7-6(13-14-16-7)4-15(2)5-8(9,10)11/h12H,3-5H2,1-2H3. The quantitative estimate of drug-likeness (QED) is 0.872. The van der Waals surface area contributed by atoms with E-state index >= 15 is 0 Å². The molecule has 0 spiro atoms. The van der Waals surface area contributed by atoms with Gasteiger partial charge >= 0.3 is 6.18 Å². The summed E-state index contributed by atoms with van der Waals surface area (Å²) in [6.45, 7) is 1.79. The summed E-state index contributed by atoms with van der Waals surface area (Å²) in [4.78, 5) is 1.16. The van der Waals surface area contributed by atoms with Crippen LogP contribution in [0.5, 0.6) is 0 Å². The zero-order valence-electron chi connectivity index (χ0n) is 9.01. The molecule has 0 unspecified atom stereocenters. The lowest BCUT2D eigenvalue weighted by atomic mass is 10.4. The van der Waals surface area contributed by atoms with Crippen LogP contribution in [-0.2, 0) is 6.54 Å². The van der Waals surface area contributed by atoms with Crippen LogP contribution < -0.4 is 5.32 Å². The third kappa shape index (κ3) is 4.31. The molecule has 1 heterocycles. The molecular weight excluding hydrogens is 241 g/mol. The van der Waals surface area contributed by atoms with E-state index < -0.39 is 12.7 Å². The summed E-state index contributed by atoms with van der Waals surface area (Å²) in [5.41, 5.74) is 0.554. The Morgan fingerprint density at radius 2 is 2.12 bits per heavy atom. The number of alkyl halides is 3. The van der Waals surface area contributed by atoms with Crippen molar-refractivity contribution in [3.8, 4) is 0 Å². The Kier molecular flexibility index (Phi) is 4.48. The second kappa shape index (κ2) is 5.44. The minimum absolute atomic E-state index is 0.137. The SMILES string of the molecule is CCNc1snnc1CN(C)CC(F)(F)F. The number of hydrogen-bond acceptors (Lipinski definition) is 5. The van der Waals surface area contributed by atoms with E-state index in [4.69, 9.17) is 0 Å². The van der Waals surface area contributed by atoms with Crippen molar-refractivity contribution in [1.82, 2.24) is 14.5 Å². The van der Waals surface area contributed by atoms with Crippen molar-refractivity contribution >= 4 is 16.5 Å². The molecule has 0 bridgehead atoms. The van der Waals surface area contributed by atoms with Crippen LogP contribution in [0.2, 0.25) is 0 Å². The van der Waals surface area contributed by atoms with Crippen LogP contribution in [0.15, 0.2) is 0 Å². The van der Waals surface area contributed by atoms with Gasteiger partial charge in [0.2, 0.25) is 0 Å². The molecule has 0 radical (unpaired) electrons. The summed E-state index contributed by atoms with van der Waals surface area (Å²) in [6.07, 6.45) is -4.18. The van der Waals surface area contributed by atoms with E-state index in [9.17, 15) is 13.2 Å². The number of hydrogen-bond donors (Lipinski definition) is 1. The Morgan fingerprint density at radius 1 is 1.44 bits per heavy atom. The van der Waals surface area contributed by atoms with E-state index in [1.165, 1.54) is 7.05 Å². The first-order chi connectivity index (χ1) is 7.42. The lowest BCUT2D eigenvalue weighted by molar-refractivity contribution is -0.144. The van der Waals surface area contributed by atoms with Gasteiger partial charge in [0.1, 0.15) is 10.7 Å². The summed E-state index contributed by atoms with van der Waals surface area (Å²) in [5, 5.41) is 7.54. The maximum Gasteiger partial charge on any atom is 0.401 e. The Morgan fingerprint density at radius 3 is 2.69 bits per heavy atom. The number of nitrogens with one attached hydrogen (secondary N) is 1. The van der Waals surface area contributed by atoms with Crippen molar-refractivity contribution < 1.29 is 13.2 Å². The minimum Gasteiger partial charge on any atom is -0.374 e. The zero-order chi connectivity index (χ0) is 12.2. The molecule has 0 aromatic carbocycles. The molecule has 0 fully saturated rings. The molecule has 1 rings (SSSR count). The van der Waals surface area contributed by atoms with Gasteiger partial charge in [-0.1, -0.05) is 4.49 Å². The molecule has 1 aromatic rings. The molecule has 0 atom stereocenters. The van der Waals surface area contributed by atoms with E-state index in [1.54, 1.807) is 0 Å². The maximum absolute atomic E-state index is 12.1. The molecule has 1 aromatic heterocycles. The van der Waals surface area contributed by atoms with Gasteiger partial charge in [-0.3, -0.25) is 4.90 Å². The lowest BCUT2D eigenvalue weighted by Gasteiger charge is -2.17. The summed E-state index contributed by atoms with van der Waals surface area (Å²) in [5.74, 6) is 0. The summed E-state index contributed by atoms with van der Waals surface area (Å²) in [7, 11) is 1.41. The highest BCUT2D eigenvalue weighted by molar-refractivity contribution is 7.10.